The summed E-state index contributed by atoms with van der Waals surface area (Å²) in [5.74, 6) is 1.39. The highest BCUT2D eigenvalue weighted by molar-refractivity contribution is 9.10. The molecule has 2 aromatic carbocycles. The van der Waals surface area contributed by atoms with E-state index in [-0.39, 0.29) is 0 Å². The molecule has 30 heavy (non-hydrogen) atoms. The van der Waals surface area contributed by atoms with E-state index in [9.17, 15) is 4.79 Å². The number of nitrogens with zero attached hydrogens (tertiary/aromatic N) is 1. The van der Waals surface area contributed by atoms with E-state index in [0.717, 1.165) is 51.3 Å². The number of furan rings is 1. The fraction of sp³-hybridized carbons (Fsp3) is 0.250. The Bertz CT molecular complexity index is 1190. The number of halogens is 1. The number of hydrogen-bond donors (Lipinski definition) is 1. The van der Waals surface area contributed by atoms with Gasteiger partial charge in [-0.25, -0.2) is 4.98 Å². The van der Waals surface area contributed by atoms with Crippen LogP contribution in [-0.4, -0.2) is 20.9 Å². The second-order valence-electron chi connectivity index (χ2n) is 7.26. The lowest BCUT2D eigenvalue weighted by Crippen LogP contribution is -2.15. The minimum absolute atomic E-state index is 0.414. The van der Waals surface area contributed by atoms with Crippen LogP contribution in [0.15, 0.2) is 57.4 Å². The molecule has 0 spiro atoms. The summed E-state index contributed by atoms with van der Waals surface area (Å²) in [6.07, 6.45) is 1.77. The van der Waals surface area contributed by atoms with Crippen molar-refractivity contribution in [3.05, 3.63) is 76.9 Å². The molecule has 1 N–H and O–H groups in total. The van der Waals surface area contributed by atoms with Gasteiger partial charge in [0, 0.05) is 16.5 Å². The van der Waals surface area contributed by atoms with Gasteiger partial charge in [-0.05, 0) is 49.6 Å². The van der Waals surface area contributed by atoms with E-state index < -0.39 is 10.8 Å². The third kappa shape index (κ3) is 4.05. The molecule has 5 nitrogen and oxygen atoms in total. The highest BCUT2D eigenvalue weighted by Gasteiger charge is 2.19. The van der Waals surface area contributed by atoms with Gasteiger partial charge in [0.15, 0.2) is 0 Å². The predicted octanol–water partition coefficient (Wildman–Crippen LogP) is 5.94. The van der Waals surface area contributed by atoms with E-state index in [1.54, 1.807) is 0 Å². The average molecular weight is 468 g/mol. The number of aliphatic carboxylic acids is 1. The quantitative estimate of drug-likeness (QED) is 0.340. The van der Waals surface area contributed by atoms with E-state index in [1.165, 1.54) is 0 Å². The van der Waals surface area contributed by atoms with Crippen LogP contribution in [0.4, 0.5) is 0 Å². The standard InChI is InChI=1S/C24H22BrNO4/c1-3-17-18-11-15(12-19(25)24(27)28)9-10-21(18)30-22(17)13-20-14(2)29-23(26-20)16-7-5-4-6-8-16/h4-11,19H,3,12-13H2,1-2H3,(H,27,28). The van der Waals surface area contributed by atoms with Gasteiger partial charge in [0.2, 0.25) is 5.89 Å². The predicted molar refractivity (Wildman–Crippen MR) is 119 cm³/mol. The molecular weight excluding hydrogens is 446 g/mol. The fourth-order valence-electron chi connectivity index (χ4n) is 3.65. The summed E-state index contributed by atoms with van der Waals surface area (Å²) in [7, 11) is 0. The van der Waals surface area contributed by atoms with Gasteiger partial charge in [-0.2, -0.15) is 0 Å². The van der Waals surface area contributed by atoms with Crippen LogP contribution in [0, 0.1) is 6.92 Å². The SMILES string of the molecule is CCc1c(Cc2nc(-c3ccccc3)oc2C)oc2ccc(CC(Br)C(=O)O)cc12. The maximum atomic E-state index is 11.2. The lowest BCUT2D eigenvalue weighted by atomic mass is 10.0. The zero-order valence-corrected chi connectivity index (χ0v) is 18.4. The summed E-state index contributed by atoms with van der Waals surface area (Å²) in [5.41, 5.74) is 4.68. The van der Waals surface area contributed by atoms with Crippen LogP contribution >= 0.6 is 15.9 Å². The summed E-state index contributed by atoms with van der Waals surface area (Å²) < 4.78 is 12.1. The molecule has 4 rings (SSSR count). The normalized spacial score (nSPS) is 12.4. The van der Waals surface area contributed by atoms with E-state index >= 15 is 0 Å². The Morgan fingerprint density at radius 3 is 2.63 bits per heavy atom. The van der Waals surface area contributed by atoms with Gasteiger partial charge >= 0.3 is 5.97 Å². The van der Waals surface area contributed by atoms with Crippen molar-refractivity contribution in [1.82, 2.24) is 4.98 Å². The molecule has 0 saturated carbocycles. The first kappa shape index (κ1) is 20.4. The minimum atomic E-state index is -0.866. The Morgan fingerprint density at radius 2 is 1.93 bits per heavy atom. The molecule has 0 amide bonds. The second-order valence-corrected chi connectivity index (χ2v) is 8.37. The molecule has 1 unspecified atom stereocenters. The van der Waals surface area contributed by atoms with Crippen LogP contribution in [0.5, 0.6) is 0 Å². The van der Waals surface area contributed by atoms with Crippen LogP contribution in [0.2, 0.25) is 0 Å². The van der Waals surface area contributed by atoms with Crippen LogP contribution in [-0.2, 0) is 24.1 Å². The van der Waals surface area contributed by atoms with Gasteiger partial charge in [0.05, 0.1) is 12.1 Å². The first-order valence-corrected chi connectivity index (χ1v) is 10.8. The molecule has 1 atom stereocenters. The molecule has 2 heterocycles. The van der Waals surface area contributed by atoms with Gasteiger partial charge in [-0.1, -0.05) is 47.1 Å². The molecule has 0 aliphatic heterocycles. The summed E-state index contributed by atoms with van der Waals surface area (Å²) >= 11 is 3.22. The lowest BCUT2D eigenvalue weighted by molar-refractivity contribution is -0.136. The summed E-state index contributed by atoms with van der Waals surface area (Å²) in [5, 5.41) is 10.2. The number of hydrogen-bond acceptors (Lipinski definition) is 4. The van der Waals surface area contributed by atoms with Gasteiger partial charge < -0.3 is 13.9 Å². The van der Waals surface area contributed by atoms with Crippen LogP contribution in [0.25, 0.3) is 22.4 Å². The highest BCUT2D eigenvalue weighted by atomic mass is 79.9. The molecule has 6 heteroatoms. The molecule has 4 aromatic rings. The number of rotatable bonds is 7. The Hall–Kier alpha value is -2.86. The van der Waals surface area contributed by atoms with Gasteiger partial charge in [-0.15, -0.1) is 0 Å². The zero-order valence-electron chi connectivity index (χ0n) is 16.8. The van der Waals surface area contributed by atoms with Crippen molar-refractivity contribution in [2.24, 2.45) is 0 Å². The lowest BCUT2D eigenvalue weighted by Gasteiger charge is -2.05. The van der Waals surface area contributed by atoms with Gasteiger partial charge in [-0.3, -0.25) is 4.79 Å². The Kier molecular flexibility index (Phi) is 5.77. The molecule has 0 aliphatic rings. The fourth-order valence-corrected chi connectivity index (χ4v) is 4.02. The van der Waals surface area contributed by atoms with Gasteiger partial charge in [0.1, 0.15) is 21.9 Å². The number of benzene rings is 2. The second kappa shape index (κ2) is 8.48. The number of carbonyl (C=O) groups is 1. The number of fused-ring (bicyclic) bond motifs is 1. The molecule has 2 aromatic heterocycles. The number of alkyl halides is 1. The Morgan fingerprint density at radius 1 is 1.17 bits per heavy atom. The largest absolute Gasteiger partial charge is 0.480 e. The van der Waals surface area contributed by atoms with Crippen LogP contribution in [0.3, 0.4) is 0 Å². The zero-order chi connectivity index (χ0) is 21.3. The Labute approximate surface area is 182 Å². The maximum Gasteiger partial charge on any atom is 0.317 e. The molecule has 0 radical (unpaired) electrons. The van der Waals surface area contributed by atoms with Crippen molar-refractivity contribution in [3.8, 4) is 11.5 Å². The first-order chi connectivity index (χ1) is 14.5. The third-order valence-electron chi connectivity index (χ3n) is 5.22. The monoisotopic (exact) mass is 467 g/mol. The van der Waals surface area contributed by atoms with E-state index in [0.29, 0.717) is 18.7 Å². The number of aromatic nitrogens is 1. The Balaban J connectivity index is 1.66. The molecule has 0 bridgehead atoms. The van der Waals surface area contributed by atoms with Crippen molar-refractivity contribution >= 4 is 32.9 Å². The molecule has 0 saturated heterocycles. The molecular formula is C24H22BrNO4. The topological polar surface area (TPSA) is 76.5 Å². The van der Waals surface area contributed by atoms with Gasteiger partial charge in [0.25, 0.3) is 0 Å². The van der Waals surface area contributed by atoms with Crippen molar-refractivity contribution in [3.63, 3.8) is 0 Å². The number of aryl methyl sites for hydroxylation is 2. The van der Waals surface area contributed by atoms with Crippen molar-refractivity contribution in [2.75, 3.05) is 0 Å². The van der Waals surface area contributed by atoms with Crippen molar-refractivity contribution in [2.45, 2.75) is 37.9 Å². The van der Waals surface area contributed by atoms with Crippen LogP contribution < -0.4 is 0 Å². The number of oxazole rings is 1. The maximum absolute atomic E-state index is 11.2. The number of carboxylic acids is 1. The van der Waals surface area contributed by atoms with Crippen molar-refractivity contribution < 1.29 is 18.7 Å². The minimum Gasteiger partial charge on any atom is -0.480 e. The average Bonchev–Trinajstić information content (AvgIpc) is 3.28. The number of carboxylic acid groups (broad SMARTS) is 1. The van der Waals surface area contributed by atoms with Crippen LogP contribution in [0.1, 0.15) is 35.3 Å². The van der Waals surface area contributed by atoms with E-state index in [1.807, 2.05) is 55.5 Å². The molecule has 154 valence electrons. The summed E-state index contributed by atoms with van der Waals surface area (Å²) in [6.45, 7) is 4.01. The van der Waals surface area contributed by atoms with Crippen molar-refractivity contribution in [1.29, 1.82) is 0 Å². The molecule has 0 fully saturated rings. The summed E-state index contributed by atoms with van der Waals surface area (Å²) in [6, 6.07) is 15.7. The van der Waals surface area contributed by atoms with E-state index in [2.05, 4.69) is 22.9 Å². The van der Waals surface area contributed by atoms with E-state index in [4.69, 9.17) is 18.9 Å². The highest BCUT2D eigenvalue weighted by Crippen LogP contribution is 2.31. The first-order valence-electron chi connectivity index (χ1n) is 9.88. The summed E-state index contributed by atoms with van der Waals surface area (Å²) in [4.78, 5) is 15.2. The molecule has 0 aliphatic carbocycles. The smallest absolute Gasteiger partial charge is 0.317 e. The third-order valence-corrected chi connectivity index (χ3v) is 5.93.